The third-order valence-electron chi connectivity index (χ3n) is 6.99. The Labute approximate surface area is 211 Å². The Balaban J connectivity index is 1.79. The molecule has 1 aliphatic heterocycles. The maximum atomic E-state index is 12.7. The van der Waals surface area contributed by atoms with Crippen molar-refractivity contribution in [3.05, 3.63) is 60.7 Å². The fourth-order valence-electron chi connectivity index (χ4n) is 5.40. The molecule has 1 fully saturated rings. The largest absolute Gasteiger partial charge is 0.453 e. The lowest BCUT2D eigenvalue weighted by Crippen LogP contribution is -2.66. The maximum absolute atomic E-state index is 12.7. The topological polar surface area (TPSA) is 57.2 Å². The summed E-state index contributed by atoms with van der Waals surface area (Å²) in [4.78, 5) is 14.6. The standard InChI is InChI=1S/C28H41NO5Si/c1-28(2,3)35(25-12-8-6-9-13-25,26-14-10-7-11-15-26)34-21-19-24-17-16-23(18-20-33-22-31-4)29(24)27(30)32-5/h6-15,23-24H,16-22H2,1-5H3/t23-,24+/m0/s1. The molecule has 0 bridgehead atoms. The van der Waals surface area contributed by atoms with Gasteiger partial charge in [-0.25, -0.2) is 4.79 Å². The van der Waals surface area contributed by atoms with E-state index in [4.69, 9.17) is 18.6 Å². The lowest BCUT2D eigenvalue weighted by molar-refractivity contribution is -0.0358. The number of carbonyl (C=O) groups is 1. The minimum absolute atomic E-state index is 0.0748. The smallest absolute Gasteiger partial charge is 0.409 e. The molecule has 2 aromatic carbocycles. The molecule has 1 saturated heterocycles. The number of carbonyl (C=O) groups excluding carboxylic acids is 1. The molecule has 0 radical (unpaired) electrons. The fraction of sp³-hybridized carbons (Fsp3) is 0.536. The van der Waals surface area contributed by atoms with Crippen LogP contribution in [0.4, 0.5) is 4.79 Å². The van der Waals surface area contributed by atoms with Crippen LogP contribution in [0.2, 0.25) is 5.04 Å². The normalized spacial score (nSPS) is 18.6. The van der Waals surface area contributed by atoms with E-state index < -0.39 is 8.32 Å². The van der Waals surface area contributed by atoms with Crippen molar-refractivity contribution in [2.24, 2.45) is 0 Å². The summed E-state index contributed by atoms with van der Waals surface area (Å²) in [5.41, 5.74) is 0. The molecular formula is C28H41NO5Si. The van der Waals surface area contributed by atoms with Crippen LogP contribution in [0.15, 0.2) is 60.7 Å². The van der Waals surface area contributed by atoms with E-state index in [1.165, 1.54) is 17.5 Å². The first-order chi connectivity index (χ1) is 16.8. The minimum atomic E-state index is -2.59. The predicted octanol–water partition coefficient (Wildman–Crippen LogP) is 4.56. The van der Waals surface area contributed by atoms with Crippen LogP contribution in [0.3, 0.4) is 0 Å². The van der Waals surface area contributed by atoms with Gasteiger partial charge in [-0.3, -0.25) is 0 Å². The van der Waals surface area contributed by atoms with Crippen molar-refractivity contribution in [2.45, 2.75) is 63.6 Å². The average molecular weight is 500 g/mol. The van der Waals surface area contributed by atoms with Crippen molar-refractivity contribution >= 4 is 24.8 Å². The van der Waals surface area contributed by atoms with Gasteiger partial charge in [-0.05, 0) is 41.1 Å². The van der Waals surface area contributed by atoms with Crippen molar-refractivity contribution in [3.8, 4) is 0 Å². The first-order valence-corrected chi connectivity index (χ1v) is 14.4. The summed E-state index contributed by atoms with van der Waals surface area (Å²) in [6.45, 7) is 8.25. The molecule has 35 heavy (non-hydrogen) atoms. The molecule has 1 heterocycles. The number of likely N-dealkylation sites (tertiary alicyclic amines) is 1. The van der Waals surface area contributed by atoms with E-state index in [0.717, 1.165) is 25.7 Å². The van der Waals surface area contributed by atoms with Crippen LogP contribution in [-0.4, -0.2) is 65.6 Å². The van der Waals surface area contributed by atoms with E-state index in [1.54, 1.807) is 7.11 Å². The molecule has 0 aromatic heterocycles. The van der Waals surface area contributed by atoms with Gasteiger partial charge >= 0.3 is 6.09 Å². The Morgan fingerprint density at radius 2 is 1.40 bits per heavy atom. The molecule has 1 amide bonds. The lowest BCUT2D eigenvalue weighted by atomic mass is 10.1. The van der Waals surface area contributed by atoms with E-state index in [2.05, 4.69) is 81.4 Å². The molecule has 2 atom stereocenters. The number of amides is 1. The fourth-order valence-corrected chi connectivity index (χ4v) is 9.98. The van der Waals surface area contributed by atoms with Gasteiger partial charge < -0.3 is 23.5 Å². The van der Waals surface area contributed by atoms with Gasteiger partial charge in [0.1, 0.15) is 6.79 Å². The van der Waals surface area contributed by atoms with Crippen LogP contribution < -0.4 is 10.4 Å². The second-order valence-electron chi connectivity index (χ2n) is 10.2. The van der Waals surface area contributed by atoms with Gasteiger partial charge in [-0.15, -0.1) is 0 Å². The second-order valence-corrected chi connectivity index (χ2v) is 14.5. The number of benzene rings is 2. The molecule has 0 spiro atoms. The Bertz CT molecular complexity index is 863. The summed E-state index contributed by atoms with van der Waals surface area (Å²) in [5.74, 6) is 0. The molecular weight excluding hydrogens is 458 g/mol. The van der Waals surface area contributed by atoms with Gasteiger partial charge in [0.2, 0.25) is 0 Å². The highest BCUT2D eigenvalue weighted by Crippen LogP contribution is 2.37. The number of rotatable bonds is 11. The summed E-state index contributed by atoms with van der Waals surface area (Å²) >= 11 is 0. The van der Waals surface area contributed by atoms with Gasteiger partial charge in [0.15, 0.2) is 0 Å². The van der Waals surface area contributed by atoms with Crippen LogP contribution in [0, 0.1) is 0 Å². The third-order valence-corrected chi connectivity index (χ3v) is 12.0. The first-order valence-electron chi connectivity index (χ1n) is 12.5. The Morgan fingerprint density at radius 3 is 1.86 bits per heavy atom. The van der Waals surface area contributed by atoms with Gasteiger partial charge in [-0.1, -0.05) is 81.4 Å². The SMILES string of the molecule is COCOCC[C@@H]1CC[C@H](CCO[Si](c2ccccc2)(c2ccccc2)C(C)(C)C)N1C(=O)OC. The summed E-state index contributed by atoms with van der Waals surface area (Å²) in [6.07, 6.45) is 3.15. The van der Waals surface area contributed by atoms with Crippen LogP contribution in [0.25, 0.3) is 0 Å². The van der Waals surface area contributed by atoms with Crippen molar-refractivity contribution in [3.63, 3.8) is 0 Å². The number of hydrogen-bond donors (Lipinski definition) is 0. The number of hydrogen-bond acceptors (Lipinski definition) is 5. The number of nitrogens with zero attached hydrogens (tertiary/aromatic N) is 1. The zero-order chi connectivity index (χ0) is 25.3. The Kier molecular flexibility index (Phi) is 9.92. The van der Waals surface area contributed by atoms with E-state index in [9.17, 15) is 4.79 Å². The van der Waals surface area contributed by atoms with E-state index >= 15 is 0 Å². The monoisotopic (exact) mass is 499 g/mol. The average Bonchev–Trinajstić information content (AvgIpc) is 3.27. The summed E-state index contributed by atoms with van der Waals surface area (Å²) < 4.78 is 22.7. The lowest BCUT2D eigenvalue weighted by Gasteiger charge is -2.43. The van der Waals surface area contributed by atoms with Crippen LogP contribution >= 0.6 is 0 Å². The van der Waals surface area contributed by atoms with E-state index in [-0.39, 0.29) is 30.0 Å². The Morgan fingerprint density at radius 1 is 0.886 bits per heavy atom. The molecule has 0 aliphatic carbocycles. The van der Waals surface area contributed by atoms with Crippen LogP contribution in [-0.2, 0) is 18.6 Å². The zero-order valence-corrected chi connectivity index (χ0v) is 22.9. The molecule has 0 N–H and O–H groups in total. The minimum Gasteiger partial charge on any atom is -0.453 e. The zero-order valence-electron chi connectivity index (χ0n) is 21.9. The third kappa shape index (κ3) is 6.33. The first kappa shape index (κ1) is 27.4. The molecule has 192 valence electrons. The molecule has 2 aromatic rings. The molecule has 0 saturated carbocycles. The molecule has 7 heteroatoms. The van der Waals surface area contributed by atoms with E-state index in [1.807, 2.05) is 4.90 Å². The highest BCUT2D eigenvalue weighted by atomic mass is 28.4. The number of methoxy groups -OCH3 is 2. The van der Waals surface area contributed by atoms with Gasteiger partial charge in [0.25, 0.3) is 8.32 Å². The quantitative estimate of drug-likeness (QED) is 0.258. The van der Waals surface area contributed by atoms with Crippen molar-refractivity contribution < 1.29 is 23.4 Å². The van der Waals surface area contributed by atoms with Crippen LogP contribution in [0.1, 0.15) is 46.5 Å². The van der Waals surface area contributed by atoms with Gasteiger partial charge in [0.05, 0.1) is 13.7 Å². The Hall–Kier alpha value is -2.19. The second kappa shape index (κ2) is 12.7. The predicted molar refractivity (Wildman–Crippen MR) is 142 cm³/mol. The van der Waals surface area contributed by atoms with Gasteiger partial charge in [-0.2, -0.15) is 0 Å². The highest BCUT2D eigenvalue weighted by Gasteiger charge is 2.50. The summed E-state index contributed by atoms with van der Waals surface area (Å²) in [6, 6.07) is 21.5. The summed E-state index contributed by atoms with van der Waals surface area (Å²) in [5, 5.41) is 2.46. The van der Waals surface area contributed by atoms with E-state index in [0.29, 0.717) is 13.2 Å². The summed E-state index contributed by atoms with van der Waals surface area (Å²) in [7, 11) is 0.468. The van der Waals surface area contributed by atoms with Gasteiger partial charge in [0, 0.05) is 25.8 Å². The molecule has 1 aliphatic rings. The van der Waals surface area contributed by atoms with Crippen LogP contribution in [0.5, 0.6) is 0 Å². The maximum Gasteiger partial charge on any atom is 0.409 e. The molecule has 0 unspecified atom stereocenters. The van der Waals surface area contributed by atoms with Crippen molar-refractivity contribution in [1.29, 1.82) is 0 Å². The molecule has 6 nitrogen and oxygen atoms in total. The van der Waals surface area contributed by atoms with Crippen molar-refractivity contribution in [2.75, 3.05) is 34.2 Å². The molecule has 3 rings (SSSR count). The van der Waals surface area contributed by atoms with Crippen molar-refractivity contribution in [1.82, 2.24) is 4.90 Å². The number of ether oxygens (including phenoxy) is 3. The highest BCUT2D eigenvalue weighted by molar-refractivity contribution is 6.99.